The molecule has 86 valence electrons. The molecule has 2 aromatic rings. The van der Waals surface area contributed by atoms with E-state index in [9.17, 15) is 5.11 Å². The molecule has 0 saturated heterocycles. The van der Waals surface area contributed by atoms with Gasteiger partial charge in [0.15, 0.2) is 0 Å². The van der Waals surface area contributed by atoms with E-state index in [1.54, 1.807) is 18.3 Å². The molecule has 0 aliphatic heterocycles. The monoisotopic (exact) mass is 225 g/mol. The molecule has 2 aromatic carbocycles. The molecule has 0 atom stereocenters. The lowest BCUT2D eigenvalue weighted by Crippen LogP contribution is -1.83. The first-order chi connectivity index (χ1) is 8.16. The normalized spacial score (nSPS) is 10.9. The molecule has 0 spiro atoms. The second-order valence-electron chi connectivity index (χ2n) is 4.07. The second kappa shape index (κ2) is 4.83. The van der Waals surface area contributed by atoms with Crippen LogP contribution in [-0.4, -0.2) is 11.3 Å². The molecule has 0 radical (unpaired) electrons. The Bertz CT molecular complexity index is 541. The van der Waals surface area contributed by atoms with Crippen LogP contribution in [0.3, 0.4) is 0 Å². The smallest absolute Gasteiger partial charge is 0.115 e. The van der Waals surface area contributed by atoms with Crippen molar-refractivity contribution in [2.24, 2.45) is 4.99 Å². The minimum atomic E-state index is 0.272. The van der Waals surface area contributed by atoms with E-state index in [0.29, 0.717) is 0 Å². The third-order valence-electron chi connectivity index (χ3n) is 2.82. The Morgan fingerprint density at radius 1 is 1.00 bits per heavy atom. The van der Waals surface area contributed by atoms with Gasteiger partial charge in [-0.1, -0.05) is 12.1 Å². The number of hydrogen-bond donors (Lipinski definition) is 1. The van der Waals surface area contributed by atoms with Crippen LogP contribution < -0.4 is 0 Å². The van der Waals surface area contributed by atoms with Crippen LogP contribution in [0.25, 0.3) is 0 Å². The van der Waals surface area contributed by atoms with E-state index >= 15 is 0 Å². The van der Waals surface area contributed by atoms with Gasteiger partial charge in [0.2, 0.25) is 0 Å². The van der Waals surface area contributed by atoms with Crippen molar-refractivity contribution in [3.63, 3.8) is 0 Å². The topological polar surface area (TPSA) is 32.6 Å². The number of aromatic hydroxyl groups is 1. The Labute approximate surface area is 101 Å². The predicted molar refractivity (Wildman–Crippen MR) is 71.3 cm³/mol. The molecule has 0 amide bonds. The molecule has 17 heavy (non-hydrogen) atoms. The first-order valence-corrected chi connectivity index (χ1v) is 5.56. The highest BCUT2D eigenvalue weighted by Gasteiger charge is 1.97. The Balaban J connectivity index is 2.26. The van der Waals surface area contributed by atoms with E-state index in [0.717, 1.165) is 11.3 Å². The summed E-state index contributed by atoms with van der Waals surface area (Å²) in [7, 11) is 0. The number of phenolic OH excluding ortho intramolecular Hbond substituents is 1. The average Bonchev–Trinajstić information content (AvgIpc) is 2.33. The van der Waals surface area contributed by atoms with Crippen LogP contribution >= 0.6 is 0 Å². The molecule has 2 nitrogen and oxygen atoms in total. The van der Waals surface area contributed by atoms with Crippen molar-refractivity contribution in [3.8, 4) is 5.75 Å². The van der Waals surface area contributed by atoms with Crippen LogP contribution in [0.15, 0.2) is 47.5 Å². The van der Waals surface area contributed by atoms with Crippen molar-refractivity contribution in [1.82, 2.24) is 0 Å². The molecule has 0 unspecified atom stereocenters. The van der Waals surface area contributed by atoms with Crippen LogP contribution in [0.1, 0.15) is 16.7 Å². The lowest BCUT2D eigenvalue weighted by atomic mass is 10.1. The molecule has 2 rings (SSSR count). The van der Waals surface area contributed by atoms with E-state index in [2.05, 4.69) is 24.9 Å². The van der Waals surface area contributed by atoms with Crippen LogP contribution in [0.2, 0.25) is 0 Å². The molecule has 0 aliphatic carbocycles. The van der Waals surface area contributed by atoms with Crippen LogP contribution in [-0.2, 0) is 0 Å². The van der Waals surface area contributed by atoms with Gasteiger partial charge in [0.25, 0.3) is 0 Å². The summed E-state index contributed by atoms with van der Waals surface area (Å²) in [5.74, 6) is 0.272. The van der Waals surface area contributed by atoms with Gasteiger partial charge in [0.05, 0.1) is 5.69 Å². The summed E-state index contributed by atoms with van der Waals surface area (Å²) in [4.78, 5) is 4.46. The van der Waals surface area contributed by atoms with Crippen LogP contribution in [0.5, 0.6) is 5.75 Å². The predicted octanol–water partition coefficient (Wildman–Crippen LogP) is 3.76. The van der Waals surface area contributed by atoms with E-state index in [4.69, 9.17) is 0 Å². The standard InChI is InChI=1S/C15H15NO/c1-11-4-3-5-15(12(11)2)16-10-13-6-8-14(17)9-7-13/h3-10,17H,1-2H3. The number of nitrogens with zero attached hydrogens (tertiary/aromatic N) is 1. The number of rotatable bonds is 2. The van der Waals surface area contributed by atoms with Crippen molar-refractivity contribution in [2.75, 3.05) is 0 Å². The Morgan fingerprint density at radius 2 is 1.71 bits per heavy atom. The molecule has 0 bridgehead atoms. The van der Waals surface area contributed by atoms with Gasteiger partial charge in [-0.25, -0.2) is 0 Å². The highest BCUT2D eigenvalue weighted by atomic mass is 16.3. The first-order valence-electron chi connectivity index (χ1n) is 5.56. The summed E-state index contributed by atoms with van der Waals surface area (Å²) in [5, 5.41) is 9.18. The lowest BCUT2D eigenvalue weighted by molar-refractivity contribution is 0.475. The Morgan fingerprint density at radius 3 is 2.41 bits per heavy atom. The van der Waals surface area contributed by atoms with Gasteiger partial charge in [0, 0.05) is 6.21 Å². The van der Waals surface area contributed by atoms with Crippen molar-refractivity contribution in [3.05, 3.63) is 59.2 Å². The maximum absolute atomic E-state index is 9.18. The molecule has 2 heteroatoms. The summed E-state index contributed by atoms with van der Waals surface area (Å²) >= 11 is 0. The zero-order valence-corrected chi connectivity index (χ0v) is 10.0. The van der Waals surface area contributed by atoms with E-state index in [1.807, 2.05) is 24.3 Å². The zero-order valence-electron chi connectivity index (χ0n) is 10.0. The molecule has 1 N–H and O–H groups in total. The average molecular weight is 225 g/mol. The third kappa shape index (κ3) is 2.72. The quantitative estimate of drug-likeness (QED) is 0.775. The number of aryl methyl sites for hydroxylation is 1. The van der Waals surface area contributed by atoms with Gasteiger partial charge in [-0.3, -0.25) is 4.99 Å². The second-order valence-corrected chi connectivity index (χ2v) is 4.07. The van der Waals surface area contributed by atoms with Crippen molar-refractivity contribution >= 4 is 11.9 Å². The summed E-state index contributed by atoms with van der Waals surface area (Å²) in [6.07, 6.45) is 1.81. The Kier molecular flexibility index (Phi) is 3.24. The van der Waals surface area contributed by atoms with Crippen molar-refractivity contribution in [1.29, 1.82) is 0 Å². The fourth-order valence-corrected chi connectivity index (χ4v) is 1.58. The number of aliphatic imine (C=N–C) groups is 1. The molecule has 0 heterocycles. The van der Waals surface area contributed by atoms with Crippen LogP contribution in [0.4, 0.5) is 5.69 Å². The first kappa shape index (κ1) is 11.4. The van der Waals surface area contributed by atoms with Gasteiger partial charge < -0.3 is 5.11 Å². The number of hydrogen-bond acceptors (Lipinski definition) is 2. The maximum Gasteiger partial charge on any atom is 0.115 e. The van der Waals surface area contributed by atoms with Gasteiger partial charge in [-0.15, -0.1) is 0 Å². The summed E-state index contributed by atoms with van der Waals surface area (Å²) in [6.45, 7) is 4.15. The maximum atomic E-state index is 9.18. The van der Waals surface area contributed by atoms with Crippen molar-refractivity contribution in [2.45, 2.75) is 13.8 Å². The van der Waals surface area contributed by atoms with Gasteiger partial charge in [-0.05, 0) is 60.9 Å². The molecular formula is C15H15NO. The minimum Gasteiger partial charge on any atom is -0.508 e. The van der Waals surface area contributed by atoms with Crippen LogP contribution in [0, 0.1) is 13.8 Å². The molecule has 0 aromatic heterocycles. The summed E-state index contributed by atoms with van der Waals surface area (Å²) < 4.78 is 0. The number of benzene rings is 2. The SMILES string of the molecule is Cc1cccc(N=Cc2ccc(O)cc2)c1C. The zero-order chi connectivity index (χ0) is 12.3. The summed E-state index contributed by atoms with van der Waals surface area (Å²) in [6, 6.07) is 13.1. The fourth-order valence-electron chi connectivity index (χ4n) is 1.58. The van der Waals surface area contributed by atoms with Crippen molar-refractivity contribution < 1.29 is 5.11 Å². The van der Waals surface area contributed by atoms with Gasteiger partial charge in [-0.2, -0.15) is 0 Å². The summed E-state index contributed by atoms with van der Waals surface area (Å²) in [5.41, 5.74) is 4.40. The minimum absolute atomic E-state index is 0.272. The Hall–Kier alpha value is -2.09. The van der Waals surface area contributed by atoms with E-state index in [-0.39, 0.29) is 5.75 Å². The van der Waals surface area contributed by atoms with Gasteiger partial charge in [0.1, 0.15) is 5.75 Å². The largest absolute Gasteiger partial charge is 0.508 e. The van der Waals surface area contributed by atoms with E-state index < -0.39 is 0 Å². The molecule has 0 aliphatic rings. The molecule has 0 saturated carbocycles. The lowest BCUT2D eigenvalue weighted by Gasteiger charge is -2.02. The molecular weight excluding hydrogens is 210 g/mol. The third-order valence-corrected chi connectivity index (χ3v) is 2.82. The molecule has 0 fully saturated rings. The highest BCUT2D eigenvalue weighted by Crippen LogP contribution is 2.21. The highest BCUT2D eigenvalue weighted by molar-refractivity contribution is 5.82. The van der Waals surface area contributed by atoms with E-state index in [1.165, 1.54) is 11.1 Å². The fraction of sp³-hybridized carbons (Fsp3) is 0.133. The number of phenols is 1. The van der Waals surface area contributed by atoms with Gasteiger partial charge >= 0.3 is 0 Å².